The summed E-state index contributed by atoms with van der Waals surface area (Å²) >= 11 is 0. The Bertz CT molecular complexity index is 1050. The zero-order valence-electron chi connectivity index (χ0n) is 17.6. The molecule has 0 bridgehead atoms. The van der Waals surface area contributed by atoms with Crippen molar-refractivity contribution < 1.29 is 23.8 Å². The van der Waals surface area contributed by atoms with Gasteiger partial charge in [-0.3, -0.25) is 9.59 Å². The molecule has 2 N–H and O–H groups in total. The minimum Gasteiger partial charge on any atom is -0.494 e. The predicted octanol–water partition coefficient (Wildman–Crippen LogP) is 4.61. The first-order chi connectivity index (χ1) is 15.0. The number of nitrogens with one attached hydrogen (secondary N) is 2. The lowest BCUT2D eigenvalue weighted by atomic mass is 10.1. The molecule has 160 valence electrons. The maximum absolute atomic E-state index is 12.7. The molecular formula is C24H24N2O5. The van der Waals surface area contributed by atoms with Gasteiger partial charge in [0.05, 0.1) is 32.2 Å². The molecule has 31 heavy (non-hydrogen) atoms. The third kappa shape index (κ3) is 5.33. The van der Waals surface area contributed by atoms with Crippen molar-refractivity contribution in [3.63, 3.8) is 0 Å². The molecule has 3 rings (SSSR count). The molecule has 0 radical (unpaired) electrons. The van der Waals surface area contributed by atoms with Crippen LogP contribution in [0, 0.1) is 0 Å². The molecule has 0 heterocycles. The number of ether oxygens (including phenoxy) is 3. The van der Waals surface area contributed by atoms with Gasteiger partial charge in [-0.2, -0.15) is 0 Å². The Hall–Kier alpha value is -4.00. The Morgan fingerprint density at radius 3 is 1.68 bits per heavy atom. The second-order valence-electron chi connectivity index (χ2n) is 6.48. The number of carbonyl (C=O) groups excluding carboxylic acids is 2. The number of carbonyl (C=O) groups is 2. The number of methoxy groups -OCH3 is 2. The average molecular weight is 420 g/mol. The van der Waals surface area contributed by atoms with E-state index >= 15 is 0 Å². The summed E-state index contributed by atoms with van der Waals surface area (Å²) in [5.74, 6) is 0.851. The molecule has 0 aromatic heterocycles. The van der Waals surface area contributed by atoms with Crippen molar-refractivity contribution in [2.75, 3.05) is 31.5 Å². The Morgan fingerprint density at radius 2 is 1.23 bits per heavy atom. The van der Waals surface area contributed by atoms with Gasteiger partial charge in [0.2, 0.25) is 0 Å². The normalized spacial score (nSPS) is 10.2. The smallest absolute Gasteiger partial charge is 0.255 e. The molecule has 0 spiro atoms. The SMILES string of the molecule is CCOc1ccc(C(=O)Nc2cc(OC)c(NC(=O)c3ccccc3)cc2OC)cc1. The number of hydrogen-bond acceptors (Lipinski definition) is 5. The number of anilines is 2. The predicted molar refractivity (Wildman–Crippen MR) is 120 cm³/mol. The molecule has 3 aromatic rings. The van der Waals surface area contributed by atoms with E-state index in [1.807, 2.05) is 13.0 Å². The minimum atomic E-state index is -0.315. The zero-order valence-corrected chi connectivity index (χ0v) is 17.6. The Kier molecular flexibility index (Phi) is 7.11. The second-order valence-corrected chi connectivity index (χ2v) is 6.48. The molecule has 0 saturated heterocycles. The van der Waals surface area contributed by atoms with Crippen LogP contribution in [0.4, 0.5) is 11.4 Å². The van der Waals surface area contributed by atoms with Gasteiger partial charge >= 0.3 is 0 Å². The van der Waals surface area contributed by atoms with Crippen LogP contribution in [-0.2, 0) is 0 Å². The molecule has 0 aliphatic heterocycles. The van der Waals surface area contributed by atoms with Gasteiger partial charge < -0.3 is 24.8 Å². The van der Waals surface area contributed by atoms with E-state index in [1.54, 1.807) is 60.7 Å². The van der Waals surface area contributed by atoms with E-state index in [1.165, 1.54) is 14.2 Å². The average Bonchev–Trinajstić information content (AvgIpc) is 2.80. The van der Waals surface area contributed by atoms with Crippen LogP contribution in [0.1, 0.15) is 27.6 Å². The lowest BCUT2D eigenvalue weighted by molar-refractivity contribution is 0.101. The van der Waals surface area contributed by atoms with E-state index in [0.29, 0.717) is 46.4 Å². The summed E-state index contributed by atoms with van der Waals surface area (Å²) in [5, 5.41) is 5.63. The van der Waals surface area contributed by atoms with Crippen molar-refractivity contribution in [1.29, 1.82) is 0 Å². The highest BCUT2D eigenvalue weighted by molar-refractivity contribution is 6.07. The largest absolute Gasteiger partial charge is 0.494 e. The lowest BCUT2D eigenvalue weighted by Gasteiger charge is -2.16. The highest BCUT2D eigenvalue weighted by Gasteiger charge is 2.17. The van der Waals surface area contributed by atoms with Crippen LogP contribution in [0.3, 0.4) is 0 Å². The topological polar surface area (TPSA) is 85.9 Å². The Balaban J connectivity index is 1.82. The third-order valence-corrected chi connectivity index (χ3v) is 4.48. The van der Waals surface area contributed by atoms with E-state index in [9.17, 15) is 9.59 Å². The quantitative estimate of drug-likeness (QED) is 0.556. The van der Waals surface area contributed by atoms with Gasteiger partial charge in [0, 0.05) is 23.3 Å². The lowest BCUT2D eigenvalue weighted by Crippen LogP contribution is -2.15. The Labute approximate surface area is 180 Å². The van der Waals surface area contributed by atoms with E-state index in [2.05, 4.69) is 10.6 Å². The van der Waals surface area contributed by atoms with Gasteiger partial charge in [0.15, 0.2) is 0 Å². The minimum absolute atomic E-state index is 0.285. The summed E-state index contributed by atoms with van der Waals surface area (Å²) in [4.78, 5) is 25.2. The van der Waals surface area contributed by atoms with Crippen LogP contribution in [0.5, 0.6) is 17.2 Å². The zero-order chi connectivity index (χ0) is 22.2. The third-order valence-electron chi connectivity index (χ3n) is 4.48. The highest BCUT2D eigenvalue weighted by atomic mass is 16.5. The van der Waals surface area contributed by atoms with Crippen LogP contribution in [0.25, 0.3) is 0 Å². The van der Waals surface area contributed by atoms with E-state index in [-0.39, 0.29) is 11.8 Å². The van der Waals surface area contributed by atoms with Crippen LogP contribution in [0.15, 0.2) is 66.7 Å². The fourth-order valence-corrected chi connectivity index (χ4v) is 2.94. The summed E-state index contributed by atoms with van der Waals surface area (Å²) in [7, 11) is 2.97. The number of hydrogen-bond donors (Lipinski definition) is 2. The van der Waals surface area contributed by atoms with Crippen molar-refractivity contribution in [2.24, 2.45) is 0 Å². The molecule has 0 aliphatic rings. The van der Waals surface area contributed by atoms with Crippen molar-refractivity contribution >= 4 is 23.2 Å². The molecule has 0 fully saturated rings. The molecule has 0 saturated carbocycles. The van der Waals surface area contributed by atoms with Crippen LogP contribution in [-0.4, -0.2) is 32.6 Å². The van der Waals surface area contributed by atoms with Crippen molar-refractivity contribution in [3.05, 3.63) is 77.9 Å². The standard InChI is InChI=1S/C24H24N2O5/c1-4-31-18-12-10-17(11-13-18)24(28)26-20-15-21(29-2)19(14-22(20)30-3)25-23(27)16-8-6-5-7-9-16/h5-15H,4H2,1-3H3,(H,25,27)(H,26,28). The molecule has 7 heteroatoms. The summed E-state index contributed by atoms with van der Waals surface area (Å²) < 4.78 is 16.2. The van der Waals surface area contributed by atoms with Gasteiger partial charge in [-0.1, -0.05) is 18.2 Å². The number of amides is 2. The van der Waals surface area contributed by atoms with Gasteiger partial charge in [-0.15, -0.1) is 0 Å². The Morgan fingerprint density at radius 1 is 0.742 bits per heavy atom. The molecule has 0 aliphatic carbocycles. The van der Waals surface area contributed by atoms with E-state index in [4.69, 9.17) is 14.2 Å². The first kappa shape index (κ1) is 21.7. The van der Waals surface area contributed by atoms with Gasteiger partial charge in [-0.25, -0.2) is 0 Å². The molecule has 0 unspecified atom stereocenters. The van der Waals surface area contributed by atoms with E-state index in [0.717, 1.165) is 0 Å². The van der Waals surface area contributed by atoms with Gasteiger partial charge in [0.25, 0.3) is 11.8 Å². The van der Waals surface area contributed by atoms with Crippen LogP contribution >= 0.6 is 0 Å². The first-order valence-electron chi connectivity index (χ1n) is 9.72. The summed E-state index contributed by atoms with van der Waals surface area (Å²) in [6.07, 6.45) is 0. The summed E-state index contributed by atoms with van der Waals surface area (Å²) in [6.45, 7) is 2.45. The van der Waals surface area contributed by atoms with Gasteiger partial charge in [0.1, 0.15) is 17.2 Å². The highest BCUT2D eigenvalue weighted by Crippen LogP contribution is 2.37. The van der Waals surface area contributed by atoms with Crippen molar-refractivity contribution in [3.8, 4) is 17.2 Å². The van der Waals surface area contributed by atoms with Crippen molar-refractivity contribution in [1.82, 2.24) is 0 Å². The molecule has 0 atom stereocenters. The summed E-state index contributed by atoms with van der Waals surface area (Å²) in [5.41, 5.74) is 1.81. The monoisotopic (exact) mass is 420 g/mol. The first-order valence-corrected chi connectivity index (χ1v) is 9.72. The van der Waals surface area contributed by atoms with Crippen molar-refractivity contribution in [2.45, 2.75) is 6.92 Å². The molecular weight excluding hydrogens is 396 g/mol. The molecule has 2 amide bonds. The maximum Gasteiger partial charge on any atom is 0.255 e. The van der Waals surface area contributed by atoms with E-state index < -0.39 is 0 Å². The summed E-state index contributed by atoms with van der Waals surface area (Å²) in [6, 6.07) is 18.9. The fraction of sp³-hybridized carbons (Fsp3) is 0.167. The fourth-order valence-electron chi connectivity index (χ4n) is 2.94. The number of rotatable bonds is 8. The molecule has 3 aromatic carbocycles. The van der Waals surface area contributed by atoms with Crippen LogP contribution < -0.4 is 24.8 Å². The number of benzene rings is 3. The van der Waals surface area contributed by atoms with Gasteiger partial charge in [-0.05, 0) is 43.3 Å². The molecule has 7 nitrogen and oxygen atoms in total. The second kappa shape index (κ2) is 10.2. The van der Waals surface area contributed by atoms with Crippen LogP contribution in [0.2, 0.25) is 0 Å². The maximum atomic E-state index is 12.7.